The van der Waals surface area contributed by atoms with Gasteiger partial charge in [0.2, 0.25) is 0 Å². The fraction of sp³-hybridized carbons (Fsp3) is 0.375. The van der Waals surface area contributed by atoms with E-state index in [2.05, 4.69) is 10.3 Å². The number of carboxylic acids is 1. The van der Waals surface area contributed by atoms with Crippen LogP contribution in [0.1, 0.15) is 27.2 Å². The molecule has 2 heterocycles. The molecule has 0 radical (unpaired) electrons. The minimum atomic E-state index is -0.932. The van der Waals surface area contributed by atoms with Crippen molar-refractivity contribution in [2.75, 3.05) is 13.1 Å². The molecular weight excluding hydrogens is 300 g/mol. The smallest absolute Gasteiger partial charge is 0.335 e. The lowest BCUT2D eigenvalue weighted by molar-refractivity contribution is 0.0541. The molecule has 1 saturated heterocycles. The molecule has 0 unspecified atom stereocenters. The standard InChI is InChI=1S/C16H18N2O3S/c1-10-7-18-15(22-10)12-4-11(5-13(6-12)16(19)20)9-21-14-2-3-17-8-14/h4-7,14,17H,2-3,8-9H2,1H3,(H,19,20)/t14-/m0/s1. The van der Waals surface area contributed by atoms with Crippen molar-refractivity contribution in [3.05, 3.63) is 40.4 Å². The van der Waals surface area contributed by atoms with Gasteiger partial charge in [0.25, 0.3) is 0 Å². The van der Waals surface area contributed by atoms with Crippen LogP contribution in [-0.2, 0) is 11.3 Å². The molecule has 0 aliphatic carbocycles. The predicted molar refractivity (Wildman–Crippen MR) is 85.3 cm³/mol. The summed E-state index contributed by atoms with van der Waals surface area (Å²) in [6.07, 6.45) is 3.00. The van der Waals surface area contributed by atoms with E-state index in [4.69, 9.17) is 4.74 Å². The third kappa shape index (κ3) is 3.52. The first kappa shape index (κ1) is 15.1. The maximum atomic E-state index is 11.3. The van der Waals surface area contributed by atoms with Crippen molar-refractivity contribution in [1.82, 2.24) is 10.3 Å². The van der Waals surface area contributed by atoms with Gasteiger partial charge in [0, 0.05) is 23.2 Å². The third-order valence-corrected chi connectivity index (χ3v) is 4.57. The molecule has 116 valence electrons. The Morgan fingerprint density at radius 1 is 1.50 bits per heavy atom. The molecule has 0 spiro atoms. The van der Waals surface area contributed by atoms with Crippen molar-refractivity contribution in [2.24, 2.45) is 0 Å². The van der Waals surface area contributed by atoms with E-state index >= 15 is 0 Å². The monoisotopic (exact) mass is 318 g/mol. The zero-order valence-corrected chi connectivity index (χ0v) is 13.2. The second-order valence-corrected chi connectivity index (χ2v) is 6.66. The van der Waals surface area contributed by atoms with Crippen LogP contribution in [0.3, 0.4) is 0 Å². The van der Waals surface area contributed by atoms with E-state index < -0.39 is 5.97 Å². The Hall–Kier alpha value is -1.76. The normalized spacial score (nSPS) is 17.8. The lowest BCUT2D eigenvalue weighted by Crippen LogP contribution is -2.16. The molecule has 3 rings (SSSR count). The summed E-state index contributed by atoms with van der Waals surface area (Å²) in [5, 5.41) is 13.4. The molecule has 1 aliphatic rings. The molecule has 5 nitrogen and oxygen atoms in total. The van der Waals surface area contributed by atoms with Crippen LogP contribution in [0.25, 0.3) is 10.6 Å². The molecule has 1 aromatic carbocycles. The van der Waals surface area contributed by atoms with E-state index in [0.717, 1.165) is 40.5 Å². The Labute approximate surface area is 133 Å². The Balaban J connectivity index is 1.84. The highest BCUT2D eigenvalue weighted by Crippen LogP contribution is 2.27. The van der Waals surface area contributed by atoms with E-state index in [1.807, 2.05) is 13.0 Å². The number of carbonyl (C=O) groups is 1. The maximum Gasteiger partial charge on any atom is 0.335 e. The van der Waals surface area contributed by atoms with Gasteiger partial charge in [-0.2, -0.15) is 0 Å². The average molecular weight is 318 g/mol. The number of hydrogen-bond donors (Lipinski definition) is 2. The number of aromatic nitrogens is 1. The Morgan fingerprint density at radius 2 is 2.36 bits per heavy atom. The predicted octanol–water partition coefficient (Wildman–Crippen LogP) is 2.70. The SMILES string of the molecule is Cc1cnc(-c2cc(CO[C@H]3CCNC3)cc(C(=O)O)c2)s1. The lowest BCUT2D eigenvalue weighted by atomic mass is 10.1. The molecule has 2 N–H and O–H groups in total. The molecule has 0 saturated carbocycles. The van der Waals surface area contributed by atoms with E-state index in [-0.39, 0.29) is 11.7 Å². The number of aromatic carboxylic acids is 1. The van der Waals surface area contributed by atoms with Crippen molar-refractivity contribution in [2.45, 2.75) is 26.1 Å². The van der Waals surface area contributed by atoms with Crippen LogP contribution in [0.15, 0.2) is 24.4 Å². The van der Waals surface area contributed by atoms with E-state index in [9.17, 15) is 9.90 Å². The van der Waals surface area contributed by atoms with Crippen LogP contribution < -0.4 is 5.32 Å². The Morgan fingerprint density at radius 3 is 3.00 bits per heavy atom. The van der Waals surface area contributed by atoms with Gasteiger partial charge < -0.3 is 15.2 Å². The number of carboxylic acid groups (broad SMARTS) is 1. The fourth-order valence-electron chi connectivity index (χ4n) is 2.49. The highest BCUT2D eigenvalue weighted by Gasteiger charge is 2.16. The summed E-state index contributed by atoms with van der Waals surface area (Å²) in [5.41, 5.74) is 1.98. The number of nitrogens with one attached hydrogen (secondary N) is 1. The van der Waals surface area contributed by atoms with E-state index in [1.54, 1.807) is 29.7 Å². The van der Waals surface area contributed by atoms with Crippen molar-refractivity contribution >= 4 is 17.3 Å². The number of nitrogens with zero attached hydrogens (tertiary/aromatic N) is 1. The third-order valence-electron chi connectivity index (χ3n) is 3.61. The first-order valence-corrected chi connectivity index (χ1v) is 8.06. The van der Waals surface area contributed by atoms with Gasteiger partial charge in [0.1, 0.15) is 5.01 Å². The van der Waals surface area contributed by atoms with Crippen molar-refractivity contribution < 1.29 is 14.6 Å². The number of thiazole rings is 1. The van der Waals surface area contributed by atoms with Gasteiger partial charge in [-0.05, 0) is 43.7 Å². The van der Waals surface area contributed by atoms with E-state index in [1.165, 1.54) is 0 Å². The van der Waals surface area contributed by atoms with Gasteiger partial charge in [-0.3, -0.25) is 0 Å². The van der Waals surface area contributed by atoms with Crippen LogP contribution >= 0.6 is 11.3 Å². The van der Waals surface area contributed by atoms with Crippen LogP contribution in [0.4, 0.5) is 0 Å². The molecule has 0 amide bonds. The van der Waals surface area contributed by atoms with Crippen LogP contribution in [0.5, 0.6) is 0 Å². The Bertz CT molecular complexity index is 678. The maximum absolute atomic E-state index is 11.3. The first-order valence-electron chi connectivity index (χ1n) is 7.24. The van der Waals surface area contributed by atoms with Crippen molar-refractivity contribution in [3.63, 3.8) is 0 Å². The minimum absolute atomic E-state index is 0.207. The second-order valence-electron chi connectivity index (χ2n) is 5.43. The highest BCUT2D eigenvalue weighted by molar-refractivity contribution is 7.14. The first-order chi connectivity index (χ1) is 10.6. The van der Waals surface area contributed by atoms with Gasteiger partial charge in [0.05, 0.1) is 18.3 Å². The second kappa shape index (κ2) is 6.56. The topological polar surface area (TPSA) is 71.5 Å². The lowest BCUT2D eigenvalue weighted by Gasteiger charge is -2.12. The molecule has 6 heteroatoms. The quantitative estimate of drug-likeness (QED) is 0.887. The van der Waals surface area contributed by atoms with Crippen LogP contribution in [0.2, 0.25) is 0 Å². The van der Waals surface area contributed by atoms with Gasteiger partial charge in [-0.15, -0.1) is 11.3 Å². The highest BCUT2D eigenvalue weighted by atomic mass is 32.1. The molecule has 1 aliphatic heterocycles. The summed E-state index contributed by atoms with van der Waals surface area (Å²) < 4.78 is 5.85. The fourth-order valence-corrected chi connectivity index (χ4v) is 3.25. The zero-order chi connectivity index (χ0) is 15.5. The van der Waals surface area contributed by atoms with Crippen LogP contribution in [0, 0.1) is 6.92 Å². The van der Waals surface area contributed by atoms with E-state index in [0.29, 0.717) is 6.61 Å². The van der Waals surface area contributed by atoms with Crippen LogP contribution in [-0.4, -0.2) is 35.3 Å². The number of aryl methyl sites for hydroxylation is 1. The van der Waals surface area contributed by atoms with Gasteiger partial charge >= 0.3 is 5.97 Å². The summed E-state index contributed by atoms with van der Waals surface area (Å²) in [7, 11) is 0. The van der Waals surface area contributed by atoms with Gasteiger partial charge in [-0.1, -0.05) is 0 Å². The summed E-state index contributed by atoms with van der Waals surface area (Å²) in [5.74, 6) is -0.932. The molecular formula is C16H18N2O3S. The summed E-state index contributed by atoms with van der Waals surface area (Å²) in [6.45, 7) is 4.24. The number of benzene rings is 1. The number of ether oxygens (including phenoxy) is 1. The van der Waals surface area contributed by atoms with Gasteiger partial charge in [0.15, 0.2) is 0 Å². The summed E-state index contributed by atoms with van der Waals surface area (Å²) in [4.78, 5) is 16.8. The molecule has 22 heavy (non-hydrogen) atoms. The van der Waals surface area contributed by atoms with Gasteiger partial charge in [-0.25, -0.2) is 9.78 Å². The average Bonchev–Trinajstić information content (AvgIpc) is 3.16. The summed E-state index contributed by atoms with van der Waals surface area (Å²) in [6, 6.07) is 5.31. The summed E-state index contributed by atoms with van der Waals surface area (Å²) >= 11 is 1.56. The minimum Gasteiger partial charge on any atom is -0.478 e. The van der Waals surface area contributed by atoms with Crippen molar-refractivity contribution in [1.29, 1.82) is 0 Å². The molecule has 1 aromatic heterocycles. The zero-order valence-electron chi connectivity index (χ0n) is 12.3. The molecule has 0 bridgehead atoms. The molecule has 1 atom stereocenters. The molecule has 1 fully saturated rings. The largest absolute Gasteiger partial charge is 0.478 e. The van der Waals surface area contributed by atoms with Crippen molar-refractivity contribution in [3.8, 4) is 10.6 Å². The Kier molecular flexibility index (Phi) is 4.52. The number of rotatable bonds is 5. The molecule has 2 aromatic rings. The number of hydrogen-bond acceptors (Lipinski definition) is 5.